The summed E-state index contributed by atoms with van der Waals surface area (Å²) in [6.45, 7) is 0. The number of hydrogen-bond acceptors (Lipinski definition) is 3. The van der Waals surface area contributed by atoms with E-state index in [9.17, 15) is 0 Å². The minimum Gasteiger partial charge on any atom is -0.420 e. The number of benzene rings is 2. The van der Waals surface area contributed by atoms with Crippen molar-refractivity contribution < 1.29 is 4.42 Å². The van der Waals surface area contributed by atoms with Crippen LogP contribution in [0.15, 0.2) is 64.0 Å². The first-order valence-corrected chi connectivity index (χ1v) is 5.76. The normalized spacial score (nSPS) is 11.9. The summed E-state index contributed by atoms with van der Waals surface area (Å²) in [6.07, 6.45) is 0. The number of para-hydroxylation sites is 1. The molecule has 0 spiro atoms. The molecule has 3 rings (SSSR count). The lowest BCUT2D eigenvalue weighted by Gasteiger charge is -2.02. The number of hydrogen-bond donors (Lipinski definition) is 0. The third-order valence-corrected chi connectivity index (χ3v) is 2.77. The van der Waals surface area contributed by atoms with Gasteiger partial charge in [-0.05, 0) is 24.3 Å². The Morgan fingerprint density at radius 2 is 1.67 bits per heavy atom. The van der Waals surface area contributed by atoms with E-state index in [1.807, 2.05) is 54.6 Å². The van der Waals surface area contributed by atoms with Gasteiger partial charge in [0.05, 0.1) is 10.9 Å². The van der Waals surface area contributed by atoms with E-state index in [0.717, 1.165) is 16.5 Å². The van der Waals surface area contributed by atoms with E-state index in [-0.39, 0.29) is 0 Å². The molecule has 0 aliphatic carbocycles. The molecule has 3 heteroatoms. The van der Waals surface area contributed by atoms with Crippen LogP contribution < -0.4 is 5.55 Å². The van der Waals surface area contributed by atoms with Gasteiger partial charge in [0.25, 0.3) is 0 Å². The molecule has 0 aliphatic rings. The maximum atomic E-state index is 5.75. The van der Waals surface area contributed by atoms with Gasteiger partial charge in [0.2, 0.25) is 11.4 Å². The van der Waals surface area contributed by atoms with Gasteiger partial charge in [-0.1, -0.05) is 30.3 Å². The molecule has 0 N–H and O–H groups in total. The molecule has 3 nitrogen and oxygen atoms in total. The van der Waals surface area contributed by atoms with Crippen molar-refractivity contribution in [1.82, 2.24) is 4.98 Å². The van der Waals surface area contributed by atoms with E-state index in [1.54, 1.807) is 7.05 Å². The Kier molecular flexibility index (Phi) is 2.65. The summed E-state index contributed by atoms with van der Waals surface area (Å²) < 4.78 is 5.75. The maximum absolute atomic E-state index is 5.75. The highest BCUT2D eigenvalue weighted by Crippen LogP contribution is 2.17. The smallest absolute Gasteiger partial charge is 0.229 e. The highest BCUT2D eigenvalue weighted by molar-refractivity contribution is 5.78. The van der Waals surface area contributed by atoms with Crippen molar-refractivity contribution in [2.24, 2.45) is 4.99 Å². The third kappa shape index (κ3) is 1.80. The highest BCUT2D eigenvalue weighted by Gasteiger charge is 2.05. The fourth-order valence-corrected chi connectivity index (χ4v) is 1.90. The molecule has 0 bridgehead atoms. The summed E-state index contributed by atoms with van der Waals surface area (Å²) in [6, 6.07) is 17.7. The summed E-state index contributed by atoms with van der Waals surface area (Å²) in [4.78, 5) is 8.71. The molecule has 0 aliphatic heterocycles. The average Bonchev–Trinajstić information content (AvgIpc) is 2.47. The Balaban J connectivity index is 2.34. The van der Waals surface area contributed by atoms with E-state index < -0.39 is 0 Å². The molecule has 0 fully saturated rings. The molecule has 0 amide bonds. The Bertz CT molecular complexity index is 745. The zero-order chi connectivity index (χ0) is 12.4. The van der Waals surface area contributed by atoms with Crippen molar-refractivity contribution in [2.45, 2.75) is 0 Å². The molecule has 0 atom stereocenters. The maximum Gasteiger partial charge on any atom is 0.229 e. The number of fused-ring (bicyclic) bond motifs is 1. The summed E-state index contributed by atoms with van der Waals surface area (Å²) in [7, 11) is 1.72. The van der Waals surface area contributed by atoms with Gasteiger partial charge in [0.1, 0.15) is 0 Å². The molecular weight excluding hydrogens is 224 g/mol. The van der Waals surface area contributed by atoms with E-state index in [1.165, 1.54) is 0 Å². The fraction of sp³-hybridized carbons (Fsp3) is 0.0667. The van der Waals surface area contributed by atoms with Gasteiger partial charge in [-0.15, -0.1) is 0 Å². The van der Waals surface area contributed by atoms with Gasteiger partial charge >= 0.3 is 0 Å². The van der Waals surface area contributed by atoms with Crippen LogP contribution in [0.25, 0.3) is 22.4 Å². The second kappa shape index (κ2) is 4.45. The van der Waals surface area contributed by atoms with Gasteiger partial charge in [-0.25, -0.2) is 4.98 Å². The molecule has 0 saturated carbocycles. The largest absolute Gasteiger partial charge is 0.420 e. The van der Waals surface area contributed by atoms with Crippen LogP contribution in [-0.2, 0) is 0 Å². The quantitative estimate of drug-likeness (QED) is 0.651. The number of nitrogens with zero attached hydrogens (tertiary/aromatic N) is 2. The predicted octanol–water partition coefficient (Wildman–Crippen LogP) is 3.03. The second-order valence-electron chi connectivity index (χ2n) is 3.93. The van der Waals surface area contributed by atoms with E-state index in [2.05, 4.69) is 9.98 Å². The topological polar surface area (TPSA) is 38.4 Å². The van der Waals surface area contributed by atoms with Crippen LogP contribution in [0.3, 0.4) is 0 Å². The average molecular weight is 236 g/mol. The van der Waals surface area contributed by atoms with Crippen molar-refractivity contribution in [3.63, 3.8) is 0 Å². The van der Waals surface area contributed by atoms with Gasteiger partial charge in [0, 0.05) is 12.6 Å². The zero-order valence-electron chi connectivity index (χ0n) is 10.00. The predicted molar refractivity (Wildman–Crippen MR) is 70.9 cm³/mol. The Morgan fingerprint density at radius 3 is 2.44 bits per heavy atom. The first-order chi connectivity index (χ1) is 8.88. The van der Waals surface area contributed by atoms with E-state index >= 15 is 0 Å². The summed E-state index contributed by atoms with van der Waals surface area (Å²) in [5, 5.41) is 0.930. The standard InChI is InChI=1S/C15H12N2O/c1-16-15-12-9-5-6-10-13(12)17-14(18-15)11-7-3-2-4-8-11/h2-10H,1H3. The van der Waals surface area contributed by atoms with Crippen LogP contribution in [0.1, 0.15) is 0 Å². The minimum atomic E-state index is 0.592. The summed E-state index contributed by atoms with van der Waals surface area (Å²) in [5.74, 6) is 0.592. The molecule has 88 valence electrons. The highest BCUT2D eigenvalue weighted by atomic mass is 16.3. The van der Waals surface area contributed by atoms with Crippen LogP contribution >= 0.6 is 0 Å². The lowest BCUT2D eigenvalue weighted by molar-refractivity contribution is 0.502. The summed E-state index contributed by atoms with van der Waals surface area (Å²) in [5.41, 5.74) is 2.45. The number of rotatable bonds is 1. The fourth-order valence-electron chi connectivity index (χ4n) is 1.90. The van der Waals surface area contributed by atoms with Crippen molar-refractivity contribution in [2.75, 3.05) is 7.05 Å². The first-order valence-electron chi connectivity index (χ1n) is 5.76. The molecule has 18 heavy (non-hydrogen) atoms. The Morgan fingerprint density at radius 1 is 0.944 bits per heavy atom. The molecule has 0 unspecified atom stereocenters. The van der Waals surface area contributed by atoms with Gasteiger partial charge < -0.3 is 4.42 Å². The van der Waals surface area contributed by atoms with Crippen molar-refractivity contribution >= 4 is 10.9 Å². The molecule has 1 aromatic heterocycles. The summed E-state index contributed by atoms with van der Waals surface area (Å²) >= 11 is 0. The lowest BCUT2D eigenvalue weighted by atomic mass is 10.2. The van der Waals surface area contributed by atoms with Crippen molar-refractivity contribution in [3.05, 3.63) is 60.2 Å². The molecular formula is C15H12N2O. The van der Waals surface area contributed by atoms with Crippen molar-refractivity contribution in [1.29, 1.82) is 0 Å². The zero-order valence-corrected chi connectivity index (χ0v) is 10.00. The monoisotopic (exact) mass is 236 g/mol. The number of aromatic nitrogens is 1. The van der Waals surface area contributed by atoms with Gasteiger partial charge in [-0.2, -0.15) is 0 Å². The van der Waals surface area contributed by atoms with E-state index in [0.29, 0.717) is 11.4 Å². The van der Waals surface area contributed by atoms with Gasteiger partial charge in [0.15, 0.2) is 0 Å². The Labute approximate surface area is 104 Å². The van der Waals surface area contributed by atoms with Crippen LogP contribution in [0.4, 0.5) is 0 Å². The first kappa shape index (κ1) is 10.7. The minimum absolute atomic E-state index is 0.592. The lowest BCUT2D eigenvalue weighted by Crippen LogP contribution is -2.05. The second-order valence-corrected chi connectivity index (χ2v) is 3.93. The molecule has 0 saturated heterocycles. The molecule has 3 aromatic rings. The van der Waals surface area contributed by atoms with Crippen molar-refractivity contribution in [3.8, 4) is 11.5 Å². The Hall–Kier alpha value is -2.42. The van der Waals surface area contributed by atoms with Crippen LogP contribution in [0.5, 0.6) is 0 Å². The van der Waals surface area contributed by atoms with Crippen LogP contribution in [-0.4, -0.2) is 12.0 Å². The molecule has 1 heterocycles. The van der Waals surface area contributed by atoms with Gasteiger partial charge in [-0.3, -0.25) is 4.99 Å². The SMILES string of the molecule is CN=c1oc(-c2ccccc2)nc2ccccc12. The molecule has 2 aromatic carbocycles. The van der Waals surface area contributed by atoms with Crippen LogP contribution in [0.2, 0.25) is 0 Å². The third-order valence-electron chi connectivity index (χ3n) is 2.77. The van der Waals surface area contributed by atoms with Crippen LogP contribution in [0, 0.1) is 0 Å². The molecule has 0 radical (unpaired) electrons. The van der Waals surface area contributed by atoms with E-state index in [4.69, 9.17) is 4.42 Å².